The molecule has 0 radical (unpaired) electrons. The first kappa shape index (κ1) is 24.3. The standard InChI is InChI=1S/C27H26ClN3O4/c1-16-21(26(32)34-14-19-10-6-4-7-11-19)23(24-25(28)31-18(3)30-24)22(17(2)29-16)27(33)35-15-20-12-8-5-9-13-20/h4-13,23,29H,14-15H2,1-3H3,(H,30,31). The van der Waals surface area contributed by atoms with Gasteiger partial charge in [-0.15, -0.1) is 0 Å². The fourth-order valence-electron chi connectivity index (χ4n) is 4.10. The van der Waals surface area contributed by atoms with Gasteiger partial charge in [0.2, 0.25) is 0 Å². The minimum Gasteiger partial charge on any atom is -0.457 e. The summed E-state index contributed by atoms with van der Waals surface area (Å²) in [6.45, 7) is 5.47. The molecule has 35 heavy (non-hydrogen) atoms. The zero-order valence-corrected chi connectivity index (χ0v) is 20.5. The van der Waals surface area contributed by atoms with Crippen LogP contribution in [0.15, 0.2) is 83.2 Å². The molecule has 7 nitrogen and oxygen atoms in total. The Morgan fingerprint density at radius 1 is 0.829 bits per heavy atom. The van der Waals surface area contributed by atoms with Crippen molar-refractivity contribution >= 4 is 23.5 Å². The van der Waals surface area contributed by atoms with E-state index in [9.17, 15) is 9.59 Å². The first-order valence-corrected chi connectivity index (χ1v) is 11.6. The summed E-state index contributed by atoms with van der Waals surface area (Å²) in [7, 11) is 0. The van der Waals surface area contributed by atoms with Gasteiger partial charge in [-0.05, 0) is 31.9 Å². The first-order valence-electron chi connectivity index (χ1n) is 11.2. The number of nitrogens with zero attached hydrogens (tertiary/aromatic N) is 1. The van der Waals surface area contributed by atoms with Crippen LogP contribution >= 0.6 is 11.6 Å². The number of ether oxygens (including phenoxy) is 2. The maximum Gasteiger partial charge on any atom is 0.337 e. The van der Waals surface area contributed by atoms with Crippen LogP contribution in [0.4, 0.5) is 0 Å². The molecule has 4 rings (SSSR count). The van der Waals surface area contributed by atoms with Gasteiger partial charge < -0.3 is 19.8 Å². The number of aromatic nitrogens is 2. The Bertz CT molecular complexity index is 1220. The molecular weight excluding hydrogens is 466 g/mol. The van der Waals surface area contributed by atoms with Crippen LogP contribution in [-0.2, 0) is 32.3 Å². The van der Waals surface area contributed by atoms with E-state index in [0.29, 0.717) is 22.9 Å². The Balaban J connectivity index is 1.67. The Hall–Kier alpha value is -3.84. The van der Waals surface area contributed by atoms with Gasteiger partial charge in [-0.25, -0.2) is 14.6 Å². The molecule has 0 fully saturated rings. The molecule has 0 spiro atoms. The third kappa shape index (κ3) is 5.46. The summed E-state index contributed by atoms with van der Waals surface area (Å²) in [5.41, 5.74) is 3.80. The average molecular weight is 492 g/mol. The predicted octanol–water partition coefficient (Wildman–Crippen LogP) is 5.09. The van der Waals surface area contributed by atoms with Crippen molar-refractivity contribution in [1.82, 2.24) is 15.3 Å². The lowest BCUT2D eigenvalue weighted by atomic mass is 9.83. The number of dihydropyridines is 1. The maximum absolute atomic E-state index is 13.4. The number of imidazole rings is 1. The smallest absolute Gasteiger partial charge is 0.337 e. The zero-order valence-electron chi connectivity index (χ0n) is 19.7. The van der Waals surface area contributed by atoms with Crippen LogP contribution in [0.25, 0.3) is 0 Å². The second kappa shape index (κ2) is 10.6. The van der Waals surface area contributed by atoms with Gasteiger partial charge in [-0.2, -0.15) is 0 Å². The summed E-state index contributed by atoms with van der Waals surface area (Å²) in [6.07, 6.45) is 0. The number of benzene rings is 2. The Morgan fingerprint density at radius 2 is 1.29 bits per heavy atom. The number of aryl methyl sites for hydroxylation is 1. The highest BCUT2D eigenvalue weighted by atomic mass is 35.5. The quantitative estimate of drug-likeness (QED) is 0.447. The summed E-state index contributed by atoms with van der Waals surface area (Å²) in [5.74, 6) is -1.40. The van der Waals surface area contributed by atoms with E-state index in [1.807, 2.05) is 60.7 Å². The van der Waals surface area contributed by atoms with Gasteiger partial charge in [-0.1, -0.05) is 72.3 Å². The van der Waals surface area contributed by atoms with E-state index in [1.165, 1.54) is 0 Å². The molecule has 2 N–H and O–H groups in total. The van der Waals surface area contributed by atoms with Crippen molar-refractivity contribution in [1.29, 1.82) is 0 Å². The fourth-order valence-corrected chi connectivity index (χ4v) is 4.38. The molecule has 8 heteroatoms. The van der Waals surface area contributed by atoms with Crippen molar-refractivity contribution in [2.24, 2.45) is 0 Å². The SMILES string of the molecule is CC1=C(C(=O)OCc2ccccc2)C(c2[nH]c(C)nc2Cl)C(C(=O)OCc2ccccc2)=C(C)N1. The van der Waals surface area contributed by atoms with Crippen LogP contribution in [0.3, 0.4) is 0 Å². The van der Waals surface area contributed by atoms with Crippen molar-refractivity contribution in [2.45, 2.75) is 39.9 Å². The number of H-pyrrole nitrogens is 1. The lowest BCUT2D eigenvalue weighted by molar-refractivity contribution is -0.141. The first-order chi connectivity index (χ1) is 16.8. The second-order valence-corrected chi connectivity index (χ2v) is 8.64. The number of hydrogen-bond donors (Lipinski definition) is 2. The Kier molecular flexibility index (Phi) is 7.36. The summed E-state index contributed by atoms with van der Waals surface area (Å²) in [6, 6.07) is 18.8. The number of carbonyl (C=O) groups is 2. The highest BCUT2D eigenvalue weighted by molar-refractivity contribution is 6.30. The van der Waals surface area contributed by atoms with Crippen molar-refractivity contribution in [2.75, 3.05) is 0 Å². The van der Waals surface area contributed by atoms with Crippen molar-refractivity contribution in [3.8, 4) is 0 Å². The highest BCUT2D eigenvalue weighted by Crippen LogP contribution is 2.41. The molecule has 1 aromatic heterocycles. The number of halogens is 1. The molecule has 1 aliphatic rings. The molecule has 180 valence electrons. The summed E-state index contributed by atoms with van der Waals surface area (Å²) in [5, 5.41) is 3.32. The van der Waals surface area contributed by atoms with Crippen molar-refractivity contribution < 1.29 is 19.1 Å². The van der Waals surface area contributed by atoms with Gasteiger partial charge in [0.15, 0.2) is 5.15 Å². The summed E-state index contributed by atoms with van der Waals surface area (Å²) in [4.78, 5) is 34.1. The van der Waals surface area contributed by atoms with Gasteiger partial charge >= 0.3 is 11.9 Å². The number of aromatic amines is 1. The molecule has 1 aliphatic heterocycles. The van der Waals surface area contributed by atoms with Crippen LogP contribution < -0.4 is 5.32 Å². The molecule has 0 amide bonds. The highest BCUT2D eigenvalue weighted by Gasteiger charge is 2.40. The fraction of sp³-hybridized carbons (Fsp3) is 0.222. The molecule has 2 aromatic carbocycles. The predicted molar refractivity (Wildman–Crippen MR) is 132 cm³/mol. The molecule has 3 aromatic rings. The van der Waals surface area contributed by atoms with E-state index in [0.717, 1.165) is 11.1 Å². The summed E-state index contributed by atoms with van der Waals surface area (Å²) >= 11 is 6.45. The van der Waals surface area contributed by atoms with Crippen LogP contribution in [0.5, 0.6) is 0 Å². The number of allylic oxidation sites excluding steroid dienone is 2. The van der Waals surface area contributed by atoms with Crippen LogP contribution in [0, 0.1) is 6.92 Å². The number of nitrogens with one attached hydrogen (secondary N) is 2. The van der Waals surface area contributed by atoms with Crippen LogP contribution in [-0.4, -0.2) is 21.9 Å². The van der Waals surface area contributed by atoms with E-state index in [2.05, 4.69) is 15.3 Å². The largest absolute Gasteiger partial charge is 0.457 e. The van der Waals surface area contributed by atoms with Gasteiger partial charge in [0, 0.05) is 11.4 Å². The van der Waals surface area contributed by atoms with Crippen LogP contribution in [0.1, 0.15) is 42.4 Å². The molecular formula is C27H26ClN3O4. The van der Waals surface area contributed by atoms with E-state index in [4.69, 9.17) is 21.1 Å². The van der Waals surface area contributed by atoms with E-state index in [1.54, 1.807) is 20.8 Å². The number of hydrogen-bond acceptors (Lipinski definition) is 6. The lowest BCUT2D eigenvalue weighted by Gasteiger charge is -2.29. The van der Waals surface area contributed by atoms with Gasteiger partial charge in [0.25, 0.3) is 0 Å². The Labute approximate surface area is 208 Å². The zero-order chi connectivity index (χ0) is 24.9. The number of carbonyl (C=O) groups excluding carboxylic acids is 2. The third-order valence-corrected chi connectivity index (χ3v) is 6.01. The van der Waals surface area contributed by atoms with Gasteiger partial charge in [0.05, 0.1) is 22.8 Å². The van der Waals surface area contributed by atoms with Gasteiger partial charge in [0.1, 0.15) is 19.0 Å². The summed E-state index contributed by atoms with van der Waals surface area (Å²) < 4.78 is 11.3. The van der Waals surface area contributed by atoms with Crippen LogP contribution in [0.2, 0.25) is 5.15 Å². The number of esters is 2. The molecule has 0 unspecified atom stereocenters. The van der Waals surface area contributed by atoms with E-state index < -0.39 is 17.9 Å². The molecule has 0 saturated carbocycles. The monoisotopic (exact) mass is 491 g/mol. The molecule has 0 bridgehead atoms. The topological polar surface area (TPSA) is 93.3 Å². The average Bonchev–Trinajstić information content (AvgIpc) is 3.19. The number of rotatable bonds is 7. The molecule has 0 atom stereocenters. The van der Waals surface area contributed by atoms with E-state index in [-0.39, 0.29) is 29.5 Å². The third-order valence-electron chi connectivity index (χ3n) is 5.72. The minimum atomic E-state index is -0.837. The Morgan fingerprint density at radius 3 is 1.69 bits per heavy atom. The van der Waals surface area contributed by atoms with Crippen molar-refractivity contribution in [3.05, 3.63) is 111 Å². The van der Waals surface area contributed by atoms with Crippen molar-refractivity contribution in [3.63, 3.8) is 0 Å². The maximum atomic E-state index is 13.4. The molecule has 0 aliphatic carbocycles. The normalized spacial score (nSPS) is 14.1. The van der Waals surface area contributed by atoms with E-state index >= 15 is 0 Å². The lowest BCUT2D eigenvalue weighted by Crippen LogP contribution is -2.32. The molecule has 0 saturated heterocycles. The second-order valence-electron chi connectivity index (χ2n) is 8.29. The van der Waals surface area contributed by atoms with Gasteiger partial charge in [-0.3, -0.25) is 0 Å². The molecule has 2 heterocycles. The minimum absolute atomic E-state index is 0.0927.